The smallest absolute Gasteiger partial charge is 0.386 e. The molecular formula is C23H17Cl4F3N4OS. The molecule has 0 bridgehead atoms. The van der Waals surface area contributed by atoms with E-state index < -0.39 is 32.8 Å². The van der Waals surface area contributed by atoms with Gasteiger partial charge in [-0.2, -0.15) is 23.5 Å². The van der Waals surface area contributed by atoms with Gasteiger partial charge in [0.2, 0.25) is 0 Å². The van der Waals surface area contributed by atoms with E-state index in [9.17, 15) is 23.5 Å². The maximum Gasteiger partial charge on any atom is 0.418 e. The number of alkyl halides is 4. The van der Waals surface area contributed by atoms with Crippen molar-refractivity contribution in [3.8, 4) is 6.07 Å². The van der Waals surface area contributed by atoms with Gasteiger partial charge in [-0.05, 0) is 48.7 Å². The van der Waals surface area contributed by atoms with Crippen molar-refractivity contribution < 1.29 is 18.3 Å². The lowest BCUT2D eigenvalue weighted by Gasteiger charge is -2.33. The summed E-state index contributed by atoms with van der Waals surface area (Å²) in [5.41, 5.74) is -2.68. The van der Waals surface area contributed by atoms with E-state index in [4.69, 9.17) is 46.4 Å². The van der Waals surface area contributed by atoms with Crippen molar-refractivity contribution in [1.29, 1.82) is 5.26 Å². The van der Waals surface area contributed by atoms with Crippen LogP contribution in [0, 0.1) is 18.3 Å². The molecule has 1 heterocycles. The van der Waals surface area contributed by atoms with Crippen molar-refractivity contribution in [3.05, 3.63) is 67.9 Å². The van der Waals surface area contributed by atoms with Crippen LogP contribution >= 0.6 is 58.2 Å². The number of aliphatic hydroxyl groups is 1. The number of rotatable bonds is 7. The lowest BCUT2D eigenvalue weighted by molar-refractivity contribution is -0.138. The summed E-state index contributed by atoms with van der Waals surface area (Å²) in [6.07, 6.45) is -2.29. The van der Waals surface area contributed by atoms with Crippen LogP contribution in [0.4, 0.5) is 13.2 Å². The second kappa shape index (κ2) is 9.90. The molecule has 36 heavy (non-hydrogen) atoms. The summed E-state index contributed by atoms with van der Waals surface area (Å²) in [4.78, 5) is 3.26. The lowest BCUT2D eigenvalue weighted by Crippen LogP contribution is -2.47. The fraction of sp³-hybridized carbons (Fsp3) is 0.348. The Morgan fingerprint density at radius 1 is 1.19 bits per heavy atom. The molecule has 1 aliphatic carbocycles. The van der Waals surface area contributed by atoms with Crippen molar-refractivity contribution >= 4 is 58.2 Å². The summed E-state index contributed by atoms with van der Waals surface area (Å²) in [5, 5.41) is 25.1. The molecule has 3 aromatic rings. The zero-order valence-corrected chi connectivity index (χ0v) is 22.3. The van der Waals surface area contributed by atoms with Crippen LogP contribution in [0.1, 0.15) is 35.1 Å². The van der Waals surface area contributed by atoms with E-state index in [2.05, 4.69) is 10.1 Å². The maximum atomic E-state index is 13.6. The predicted molar refractivity (Wildman–Crippen MR) is 133 cm³/mol. The third-order valence-corrected chi connectivity index (χ3v) is 9.29. The SMILES string of the molecule is Cc1c(Cl)c(Sc2ncnn2CC(O)(Cc2ccccc2Cl)C2(Cl)CC2)c(C#N)c(Cl)c1C(F)(F)F. The quantitative estimate of drug-likeness (QED) is 0.289. The van der Waals surface area contributed by atoms with Crippen LogP contribution in [-0.4, -0.2) is 30.3 Å². The first-order valence-corrected chi connectivity index (χ1v) is 12.8. The van der Waals surface area contributed by atoms with Crippen molar-refractivity contribution in [2.75, 3.05) is 0 Å². The van der Waals surface area contributed by atoms with Crippen LogP contribution in [0.3, 0.4) is 0 Å². The van der Waals surface area contributed by atoms with Gasteiger partial charge in [-0.1, -0.05) is 53.0 Å². The third-order valence-electron chi connectivity index (χ3n) is 6.11. The van der Waals surface area contributed by atoms with E-state index in [1.54, 1.807) is 30.3 Å². The zero-order valence-electron chi connectivity index (χ0n) is 18.5. The highest BCUT2D eigenvalue weighted by atomic mass is 35.5. The maximum absolute atomic E-state index is 13.6. The minimum Gasteiger partial charge on any atom is -0.386 e. The van der Waals surface area contributed by atoms with Gasteiger partial charge in [-0.15, -0.1) is 11.6 Å². The fourth-order valence-electron chi connectivity index (χ4n) is 3.98. The highest BCUT2D eigenvalue weighted by Gasteiger charge is 2.58. The zero-order chi connectivity index (χ0) is 26.5. The van der Waals surface area contributed by atoms with Gasteiger partial charge in [0, 0.05) is 11.4 Å². The van der Waals surface area contributed by atoms with Crippen molar-refractivity contribution in [3.63, 3.8) is 0 Å². The van der Waals surface area contributed by atoms with E-state index in [1.165, 1.54) is 17.9 Å². The van der Waals surface area contributed by atoms with Gasteiger partial charge in [0.1, 0.15) is 18.0 Å². The molecule has 1 aliphatic rings. The van der Waals surface area contributed by atoms with Crippen LogP contribution in [0.5, 0.6) is 0 Å². The molecule has 1 aromatic heterocycles. The molecule has 1 N–H and O–H groups in total. The molecule has 4 rings (SSSR count). The second-order valence-corrected chi connectivity index (χ2v) is 11.4. The topological polar surface area (TPSA) is 74.7 Å². The van der Waals surface area contributed by atoms with Crippen LogP contribution in [0.15, 0.2) is 40.6 Å². The summed E-state index contributed by atoms with van der Waals surface area (Å²) in [6.45, 7) is 1.09. The van der Waals surface area contributed by atoms with Crippen LogP contribution in [0.2, 0.25) is 15.1 Å². The Kier molecular flexibility index (Phi) is 7.52. The Morgan fingerprint density at radius 3 is 2.44 bits per heavy atom. The average molecular weight is 596 g/mol. The van der Waals surface area contributed by atoms with Crippen molar-refractivity contribution in [1.82, 2.24) is 14.8 Å². The molecule has 0 radical (unpaired) electrons. The Balaban J connectivity index is 1.72. The molecule has 190 valence electrons. The summed E-state index contributed by atoms with van der Waals surface area (Å²) in [5.74, 6) is 0. The van der Waals surface area contributed by atoms with E-state index in [1.807, 2.05) is 0 Å². The first-order chi connectivity index (χ1) is 16.8. The lowest BCUT2D eigenvalue weighted by atomic mass is 9.89. The van der Waals surface area contributed by atoms with Crippen LogP contribution in [0.25, 0.3) is 0 Å². The molecular weight excluding hydrogens is 579 g/mol. The summed E-state index contributed by atoms with van der Waals surface area (Å²) >= 11 is 26.2. The van der Waals surface area contributed by atoms with Crippen LogP contribution in [-0.2, 0) is 19.1 Å². The summed E-state index contributed by atoms with van der Waals surface area (Å²) in [7, 11) is 0. The van der Waals surface area contributed by atoms with Gasteiger partial charge in [0.25, 0.3) is 0 Å². The van der Waals surface area contributed by atoms with Gasteiger partial charge in [0.15, 0.2) is 5.16 Å². The standard InChI is InChI=1S/C23H17Cl4F3N4OS/c1-12-16(23(28,29)30)18(26)14(9-31)19(17(12)25)36-20-32-11-33-34(20)10-22(35,21(27)6-7-21)8-13-4-2-3-5-15(13)24/h2-5,11,35H,6-8,10H2,1H3. The summed E-state index contributed by atoms with van der Waals surface area (Å²) < 4.78 is 42.0. The Bertz CT molecular complexity index is 1370. The Morgan fingerprint density at radius 2 is 1.86 bits per heavy atom. The second-order valence-electron chi connectivity index (χ2n) is 8.51. The van der Waals surface area contributed by atoms with Gasteiger partial charge < -0.3 is 5.11 Å². The molecule has 2 aromatic carbocycles. The molecule has 0 aliphatic heterocycles. The van der Waals surface area contributed by atoms with Crippen molar-refractivity contribution in [2.45, 2.75) is 59.4 Å². The number of nitrogens with zero attached hydrogens (tertiary/aromatic N) is 4. The van der Waals surface area contributed by atoms with Crippen molar-refractivity contribution in [2.24, 2.45) is 0 Å². The molecule has 13 heteroatoms. The molecule has 1 unspecified atom stereocenters. The minimum absolute atomic E-state index is 0.00516. The average Bonchev–Trinajstić information content (AvgIpc) is 3.42. The van der Waals surface area contributed by atoms with E-state index >= 15 is 0 Å². The van der Waals surface area contributed by atoms with E-state index in [0.29, 0.717) is 23.4 Å². The normalized spacial score (nSPS) is 16.4. The number of benzene rings is 2. The molecule has 0 amide bonds. The molecule has 1 saturated carbocycles. The largest absolute Gasteiger partial charge is 0.418 e. The van der Waals surface area contributed by atoms with Gasteiger partial charge in [-0.25, -0.2) is 9.67 Å². The number of nitriles is 1. The number of hydrogen-bond acceptors (Lipinski definition) is 5. The van der Waals surface area contributed by atoms with Crippen LogP contribution < -0.4 is 0 Å². The van der Waals surface area contributed by atoms with Gasteiger partial charge >= 0.3 is 6.18 Å². The van der Waals surface area contributed by atoms with Gasteiger partial charge in [0.05, 0.1) is 37.5 Å². The Hall–Kier alpha value is -1.67. The highest BCUT2D eigenvalue weighted by molar-refractivity contribution is 7.99. The highest BCUT2D eigenvalue weighted by Crippen LogP contribution is 2.53. The molecule has 0 spiro atoms. The number of aromatic nitrogens is 3. The van der Waals surface area contributed by atoms with E-state index in [0.717, 1.165) is 11.8 Å². The monoisotopic (exact) mass is 594 g/mol. The first-order valence-electron chi connectivity index (χ1n) is 10.5. The molecule has 0 saturated heterocycles. The Labute approximate surface area is 229 Å². The molecule has 5 nitrogen and oxygen atoms in total. The fourth-order valence-corrected chi connectivity index (χ4v) is 6.14. The minimum atomic E-state index is -4.80. The first kappa shape index (κ1) is 27.4. The van der Waals surface area contributed by atoms with E-state index in [-0.39, 0.29) is 33.6 Å². The molecule has 1 fully saturated rings. The summed E-state index contributed by atoms with van der Waals surface area (Å²) in [6, 6.07) is 8.80. The predicted octanol–water partition coefficient (Wildman–Crippen LogP) is 7.33. The van der Waals surface area contributed by atoms with Gasteiger partial charge in [-0.3, -0.25) is 0 Å². The number of hydrogen-bond donors (Lipinski definition) is 1. The molecule has 1 atom stereocenters. The third kappa shape index (κ3) is 5.04. The number of halogens is 7.